The van der Waals surface area contributed by atoms with E-state index in [1.165, 1.54) is 24.0 Å². The highest BCUT2D eigenvalue weighted by atomic mass is 35.6. The fourth-order valence-corrected chi connectivity index (χ4v) is 6.52. The van der Waals surface area contributed by atoms with Gasteiger partial charge in [0, 0.05) is 17.4 Å². The maximum atomic E-state index is 12.5. The second kappa shape index (κ2) is 4.90. The van der Waals surface area contributed by atoms with Gasteiger partial charge in [-0.15, -0.1) is 0 Å². The number of hydrogen-bond donors (Lipinski definition) is 1. The van der Waals surface area contributed by atoms with Crippen LogP contribution in [0.25, 0.3) is 0 Å². The minimum absolute atomic E-state index is 0.0418. The fraction of sp³-hybridized carbons (Fsp3) is 0.611. The number of nitrogens with zero attached hydrogens (tertiary/aromatic N) is 1. The van der Waals surface area contributed by atoms with Crippen molar-refractivity contribution in [3.63, 3.8) is 0 Å². The van der Waals surface area contributed by atoms with Crippen LogP contribution in [0.1, 0.15) is 36.8 Å². The summed E-state index contributed by atoms with van der Waals surface area (Å²) in [4.78, 5) is 14.3. The molecule has 5 rings (SSSR count). The third-order valence-corrected chi connectivity index (χ3v) is 7.29. The molecule has 1 heterocycles. The lowest BCUT2D eigenvalue weighted by molar-refractivity contribution is -0.235. The Balaban J connectivity index is 1.44. The lowest BCUT2D eigenvalue weighted by Crippen LogP contribution is -2.93. The summed E-state index contributed by atoms with van der Waals surface area (Å²) in [5.74, 6) is 0.763. The third kappa shape index (κ3) is 1.79. The van der Waals surface area contributed by atoms with E-state index >= 15 is 0 Å². The average molecular weight is 403 g/mol. The van der Waals surface area contributed by atoms with Crippen LogP contribution in [-0.2, 0) is 15.6 Å². The van der Waals surface area contributed by atoms with Gasteiger partial charge in [-0.3, -0.25) is 0 Å². The maximum absolute atomic E-state index is 12.5. The van der Waals surface area contributed by atoms with E-state index < -0.39 is 9.89 Å². The van der Waals surface area contributed by atoms with Gasteiger partial charge in [0.05, 0.1) is 6.04 Å². The Kier molecular flexibility index (Phi) is 3.21. The Morgan fingerprint density at radius 1 is 1.28 bits per heavy atom. The number of piperidine rings is 1. The second-order valence-corrected chi connectivity index (χ2v) is 10.3. The molecule has 1 aliphatic heterocycles. The van der Waals surface area contributed by atoms with Gasteiger partial charge < -0.3 is 14.7 Å². The van der Waals surface area contributed by atoms with Crippen LogP contribution >= 0.6 is 34.8 Å². The number of fused-ring (bicyclic) bond motifs is 2. The molecule has 2 spiro atoms. The van der Waals surface area contributed by atoms with E-state index in [2.05, 4.69) is 0 Å². The molecule has 0 aromatic heterocycles. The standard InChI is InChI=1S/C18H18Cl3NO3/c19-18(20,21)9-25-15(24)22-8-17-11-5-4-10(23)7-13(11)16(17)6-2-1-3-12(16)14(17)22/h4-5,7,12,14,23H,1-3,6,8-9H2. The maximum Gasteiger partial charge on any atom is 0.410 e. The number of aromatic hydroxyl groups is 1. The van der Waals surface area contributed by atoms with E-state index in [0.717, 1.165) is 12.8 Å². The van der Waals surface area contributed by atoms with Gasteiger partial charge in [0.15, 0.2) is 0 Å². The van der Waals surface area contributed by atoms with E-state index in [9.17, 15) is 9.90 Å². The van der Waals surface area contributed by atoms with E-state index in [-0.39, 0.29) is 23.5 Å². The van der Waals surface area contributed by atoms with Crippen molar-refractivity contribution in [2.45, 2.75) is 46.3 Å². The molecule has 4 atom stereocenters. The van der Waals surface area contributed by atoms with Gasteiger partial charge in [-0.1, -0.05) is 53.7 Å². The van der Waals surface area contributed by atoms with E-state index in [0.29, 0.717) is 18.2 Å². The molecule has 4 unspecified atom stereocenters. The Bertz CT molecular complexity index is 779. The zero-order valence-electron chi connectivity index (χ0n) is 13.5. The minimum Gasteiger partial charge on any atom is -0.508 e. The van der Waals surface area contributed by atoms with Crippen molar-refractivity contribution in [2.75, 3.05) is 13.2 Å². The number of likely N-dealkylation sites (tertiary alicyclic amines) is 1. The summed E-state index contributed by atoms with van der Waals surface area (Å²) in [6, 6.07) is 5.88. The number of carbonyl (C=O) groups excluding carboxylic acids is 1. The number of amides is 1. The highest BCUT2D eigenvalue weighted by Gasteiger charge is 2.85. The number of benzene rings is 1. The molecule has 3 fully saturated rings. The van der Waals surface area contributed by atoms with Gasteiger partial charge >= 0.3 is 6.09 Å². The molecule has 0 radical (unpaired) electrons. The predicted molar refractivity (Wildman–Crippen MR) is 95.6 cm³/mol. The van der Waals surface area contributed by atoms with E-state index in [1.807, 2.05) is 12.1 Å². The molecule has 1 N–H and O–H groups in total. The van der Waals surface area contributed by atoms with Crippen LogP contribution in [0.15, 0.2) is 18.2 Å². The molecule has 0 bridgehead atoms. The normalized spacial score (nSPS) is 37.3. The molecule has 1 amide bonds. The van der Waals surface area contributed by atoms with Gasteiger partial charge in [0.25, 0.3) is 0 Å². The summed E-state index contributed by atoms with van der Waals surface area (Å²) in [6.07, 6.45) is 4.24. The van der Waals surface area contributed by atoms with Crippen molar-refractivity contribution in [3.05, 3.63) is 29.3 Å². The molecule has 2 saturated carbocycles. The van der Waals surface area contributed by atoms with Crippen molar-refractivity contribution in [2.24, 2.45) is 5.92 Å². The Labute approximate surface area is 161 Å². The fourth-order valence-electron chi connectivity index (χ4n) is 6.36. The van der Waals surface area contributed by atoms with Gasteiger partial charge in [0.2, 0.25) is 3.79 Å². The predicted octanol–water partition coefficient (Wildman–Crippen LogP) is 4.28. The summed E-state index contributed by atoms with van der Waals surface area (Å²) in [7, 11) is 0. The van der Waals surface area contributed by atoms with Crippen molar-refractivity contribution in [3.8, 4) is 5.75 Å². The SMILES string of the molecule is O=C(OCC(Cl)(Cl)Cl)N1CC23c4ccc(O)cc4C24CCCCC4C13. The molecule has 1 aromatic rings. The number of ether oxygens (including phenoxy) is 1. The third-order valence-electron chi connectivity index (χ3n) is 6.97. The Morgan fingerprint density at radius 3 is 2.84 bits per heavy atom. The van der Waals surface area contributed by atoms with Crippen molar-refractivity contribution in [1.82, 2.24) is 4.90 Å². The Morgan fingerprint density at radius 2 is 2.08 bits per heavy atom. The lowest BCUT2D eigenvalue weighted by Gasteiger charge is -2.85. The molecule has 7 heteroatoms. The van der Waals surface area contributed by atoms with Crippen LogP contribution in [0.2, 0.25) is 0 Å². The average Bonchev–Trinajstić information content (AvgIpc) is 2.52. The quantitative estimate of drug-likeness (QED) is 0.713. The lowest BCUT2D eigenvalue weighted by atomic mass is 9.23. The minimum atomic E-state index is -1.59. The van der Waals surface area contributed by atoms with Crippen LogP contribution < -0.4 is 0 Å². The van der Waals surface area contributed by atoms with Crippen molar-refractivity contribution >= 4 is 40.9 Å². The van der Waals surface area contributed by atoms with E-state index in [4.69, 9.17) is 39.5 Å². The van der Waals surface area contributed by atoms with Gasteiger partial charge in [0.1, 0.15) is 12.4 Å². The molecule has 3 aliphatic carbocycles. The first-order chi connectivity index (χ1) is 11.8. The van der Waals surface area contributed by atoms with Crippen molar-refractivity contribution in [1.29, 1.82) is 0 Å². The van der Waals surface area contributed by atoms with Crippen molar-refractivity contribution < 1.29 is 14.6 Å². The highest BCUT2D eigenvalue weighted by Crippen LogP contribution is 2.80. The molecule has 134 valence electrons. The molecule has 4 nitrogen and oxygen atoms in total. The molecule has 1 aromatic carbocycles. The first kappa shape index (κ1) is 16.3. The highest BCUT2D eigenvalue weighted by molar-refractivity contribution is 6.67. The smallest absolute Gasteiger partial charge is 0.410 e. The summed E-state index contributed by atoms with van der Waals surface area (Å²) in [5.41, 5.74) is 2.76. The summed E-state index contributed by atoms with van der Waals surface area (Å²) >= 11 is 17.1. The first-order valence-corrected chi connectivity index (χ1v) is 9.79. The van der Waals surface area contributed by atoms with Crippen LogP contribution in [0.5, 0.6) is 5.75 Å². The Hall–Kier alpha value is -0.840. The number of alkyl halides is 3. The summed E-state index contributed by atoms with van der Waals surface area (Å²) < 4.78 is 3.61. The molecular weight excluding hydrogens is 385 g/mol. The number of phenols is 1. The number of phenolic OH excluding ortho intramolecular Hbond substituents is 1. The topological polar surface area (TPSA) is 49.8 Å². The first-order valence-electron chi connectivity index (χ1n) is 8.65. The number of hydrogen-bond acceptors (Lipinski definition) is 3. The number of halogens is 3. The molecule has 4 aliphatic rings. The number of carbonyl (C=O) groups is 1. The van der Waals surface area contributed by atoms with Crippen LogP contribution in [0.4, 0.5) is 4.79 Å². The van der Waals surface area contributed by atoms with Gasteiger partial charge in [-0.25, -0.2) is 4.79 Å². The zero-order valence-corrected chi connectivity index (χ0v) is 15.7. The van der Waals surface area contributed by atoms with Crippen LogP contribution in [0, 0.1) is 5.92 Å². The summed E-state index contributed by atoms with van der Waals surface area (Å²) in [6.45, 7) is 0.414. The van der Waals surface area contributed by atoms with Crippen LogP contribution in [-0.4, -0.2) is 39.1 Å². The monoisotopic (exact) mass is 401 g/mol. The molecule has 25 heavy (non-hydrogen) atoms. The second-order valence-electron chi connectivity index (χ2n) is 7.77. The molecular formula is C18H18Cl3NO3. The summed E-state index contributed by atoms with van der Waals surface area (Å²) in [5, 5.41) is 9.92. The largest absolute Gasteiger partial charge is 0.508 e. The zero-order chi connectivity index (χ0) is 17.6. The molecule has 1 saturated heterocycles. The number of rotatable bonds is 1. The van der Waals surface area contributed by atoms with E-state index in [1.54, 1.807) is 11.0 Å². The van der Waals surface area contributed by atoms with Gasteiger partial charge in [-0.05, 0) is 42.0 Å². The van der Waals surface area contributed by atoms with Crippen LogP contribution in [0.3, 0.4) is 0 Å². The van der Waals surface area contributed by atoms with Gasteiger partial charge in [-0.2, -0.15) is 0 Å².